The van der Waals surface area contributed by atoms with Gasteiger partial charge < -0.3 is 20.0 Å². The topological polar surface area (TPSA) is 162 Å². The number of hydrogen-bond acceptors (Lipinski definition) is 9. The van der Waals surface area contributed by atoms with Crippen molar-refractivity contribution in [1.82, 2.24) is 26.7 Å². The lowest BCUT2D eigenvalue weighted by Gasteiger charge is -2.31. The Balaban J connectivity index is 1.93. The summed E-state index contributed by atoms with van der Waals surface area (Å²) in [7, 11) is 0. The minimum atomic E-state index is -1.96. The molecule has 3 unspecified atom stereocenters. The van der Waals surface area contributed by atoms with Gasteiger partial charge in [0.2, 0.25) is 11.6 Å². The second-order valence-corrected chi connectivity index (χ2v) is 7.56. The molecule has 0 spiro atoms. The molecule has 12 nitrogen and oxygen atoms in total. The third-order valence-corrected chi connectivity index (χ3v) is 4.90. The van der Waals surface area contributed by atoms with Crippen LogP contribution in [0.1, 0.15) is 51.9 Å². The Morgan fingerprint density at radius 2 is 2.16 bits per heavy atom. The second kappa shape index (κ2) is 13.2. The van der Waals surface area contributed by atoms with Gasteiger partial charge in [0.05, 0.1) is 13.2 Å². The molecule has 12 heteroatoms. The van der Waals surface area contributed by atoms with Crippen molar-refractivity contribution in [2.75, 3.05) is 26.3 Å². The third-order valence-electron chi connectivity index (χ3n) is 4.90. The molecule has 0 radical (unpaired) electrons. The maximum atomic E-state index is 12.5. The Labute approximate surface area is 181 Å². The molecule has 0 aromatic rings. The summed E-state index contributed by atoms with van der Waals surface area (Å²) < 4.78 is 4.99. The van der Waals surface area contributed by atoms with E-state index in [9.17, 15) is 19.5 Å². The van der Waals surface area contributed by atoms with Crippen molar-refractivity contribution in [1.29, 1.82) is 0 Å². The van der Waals surface area contributed by atoms with Crippen LogP contribution < -0.4 is 26.7 Å². The van der Waals surface area contributed by atoms with Crippen molar-refractivity contribution in [3.63, 3.8) is 0 Å². The lowest BCUT2D eigenvalue weighted by atomic mass is 10.0. The number of carboxylic acids is 1. The molecule has 2 aliphatic rings. The first-order valence-electron chi connectivity index (χ1n) is 10.8. The zero-order valence-corrected chi connectivity index (χ0v) is 17.9. The van der Waals surface area contributed by atoms with Gasteiger partial charge in [0, 0.05) is 31.6 Å². The van der Waals surface area contributed by atoms with Gasteiger partial charge in [-0.2, -0.15) is 5.48 Å². The molecule has 2 heterocycles. The van der Waals surface area contributed by atoms with Gasteiger partial charge in [-0.25, -0.2) is 9.59 Å². The van der Waals surface area contributed by atoms with Crippen LogP contribution >= 0.6 is 0 Å². The molecule has 176 valence electrons. The minimum absolute atomic E-state index is 0.00688. The zero-order valence-electron chi connectivity index (χ0n) is 17.9. The highest BCUT2D eigenvalue weighted by molar-refractivity contribution is 5.89. The van der Waals surface area contributed by atoms with Crippen molar-refractivity contribution in [3.8, 4) is 0 Å². The van der Waals surface area contributed by atoms with Crippen molar-refractivity contribution in [3.05, 3.63) is 0 Å². The van der Waals surface area contributed by atoms with E-state index < -0.39 is 23.6 Å². The first-order chi connectivity index (χ1) is 14.9. The minimum Gasteiger partial charge on any atom is -0.478 e. The highest BCUT2D eigenvalue weighted by Gasteiger charge is 2.42. The summed E-state index contributed by atoms with van der Waals surface area (Å²) in [6.07, 6.45) is 4.06. The van der Waals surface area contributed by atoms with Crippen LogP contribution in [0.2, 0.25) is 0 Å². The molecular formula is C19H34N6O6. The van der Waals surface area contributed by atoms with E-state index >= 15 is 0 Å². The first kappa shape index (κ1) is 25.0. The quantitative estimate of drug-likeness (QED) is 0.168. The van der Waals surface area contributed by atoms with E-state index in [-0.39, 0.29) is 31.8 Å². The number of rotatable bonds is 13. The van der Waals surface area contributed by atoms with E-state index in [1.54, 1.807) is 0 Å². The average Bonchev–Trinajstić information content (AvgIpc) is 3.25. The van der Waals surface area contributed by atoms with E-state index in [0.717, 1.165) is 13.0 Å². The summed E-state index contributed by atoms with van der Waals surface area (Å²) in [6, 6.07) is -0.203. The van der Waals surface area contributed by atoms with E-state index in [2.05, 4.69) is 31.7 Å². The molecule has 0 aliphatic carbocycles. The van der Waals surface area contributed by atoms with Crippen LogP contribution in [0.15, 0.2) is 4.99 Å². The maximum absolute atomic E-state index is 12.5. The van der Waals surface area contributed by atoms with Crippen LogP contribution in [-0.2, 0) is 19.2 Å². The zero-order chi connectivity index (χ0) is 22.5. The van der Waals surface area contributed by atoms with E-state index in [4.69, 9.17) is 9.57 Å². The van der Waals surface area contributed by atoms with Crippen LogP contribution in [0.3, 0.4) is 0 Å². The lowest BCUT2D eigenvalue weighted by Crippen LogP contribution is -2.66. The molecule has 2 aliphatic heterocycles. The third kappa shape index (κ3) is 8.77. The summed E-state index contributed by atoms with van der Waals surface area (Å²) in [6.45, 7) is 3.91. The van der Waals surface area contributed by atoms with Gasteiger partial charge in [0.15, 0.2) is 6.29 Å². The van der Waals surface area contributed by atoms with Gasteiger partial charge in [-0.05, 0) is 38.6 Å². The Hall–Kier alpha value is -2.28. The normalized spacial score (nSPS) is 22.5. The number of aliphatic carboxylic acids is 1. The molecule has 0 saturated carbocycles. The highest BCUT2D eigenvalue weighted by atomic mass is 16.7. The van der Waals surface area contributed by atoms with Gasteiger partial charge in [0.25, 0.3) is 0 Å². The average molecular weight is 443 g/mol. The van der Waals surface area contributed by atoms with Crippen LogP contribution in [0.25, 0.3) is 0 Å². The molecule has 0 aromatic heterocycles. The summed E-state index contributed by atoms with van der Waals surface area (Å²) in [5.74, 6) is -1.85. The highest BCUT2D eigenvalue weighted by Crippen LogP contribution is 2.15. The number of nitrogens with zero attached hydrogens (tertiary/aromatic N) is 1. The number of alkyl carbamates (subject to hydrolysis) is 1. The molecular weight excluding hydrogens is 408 g/mol. The van der Waals surface area contributed by atoms with E-state index in [0.29, 0.717) is 38.8 Å². The molecule has 2 rings (SSSR count). The number of ether oxygens (including phenoxy) is 1. The Morgan fingerprint density at radius 1 is 1.32 bits per heavy atom. The number of carboxylic acid groups (broad SMARTS) is 1. The molecule has 1 fully saturated rings. The van der Waals surface area contributed by atoms with Crippen molar-refractivity contribution in [2.24, 2.45) is 4.99 Å². The Bertz CT molecular complexity index is 627. The Kier molecular flexibility index (Phi) is 10.6. The molecule has 31 heavy (non-hydrogen) atoms. The van der Waals surface area contributed by atoms with Crippen molar-refractivity contribution >= 4 is 24.2 Å². The smallest absolute Gasteiger partial charge is 0.409 e. The fraction of sp³-hybridized carbons (Fsp3) is 0.789. The van der Waals surface area contributed by atoms with Gasteiger partial charge in [-0.1, -0.05) is 6.92 Å². The lowest BCUT2D eigenvalue weighted by molar-refractivity contribution is -0.149. The largest absolute Gasteiger partial charge is 0.478 e. The summed E-state index contributed by atoms with van der Waals surface area (Å²) in [5.41, 5.74) is 0.761. The van der Waals surface area contributed by atoms with Gasteiger partial charge in [0.1, 0.15) is 0 Å². The number of nitrogens with one attached hydrogen (secondary N) is 5. The second-order valence-electron chi connectivity index (χ2n) is 7.56. The number of aliphatic imine (C=N–C) groups is 1. The van der Waals surface area contributed by atoms with Gasteiger partial charge in [-0.3, -0.25) is 25.7 Å². The molecule has 6 N–H and O–H groups in total. The predicted molar refractivity (Wildman–Crippen MR) is 112 cm³/mol. The fourth-order valence-corrected chi connectivity index (χ4v) is 3.26. The number of hydrogen-bond donors (Lipinski definition) is 6. The van der Waals surface area contributed by atoms with Crippen LogP contribution in [0.4, 0.5) is 4.79 Å². The SMILES string of the molecule is CCCOC(=O)NC(CCCCNC1N=CCCN1)(NC(=O)CC1CCON1)C(=O)O. The first-order valence-corrected chi connectivity index (χ1v) is 10.8. The van der Waals surface area contributed by atoms with E-state index in [1.165, 1.54) is 0 Å². The van der Waals surface area contributed by atoms with Crippen LogP contribution in [-0.4, -0.2) is 73.6 Å². The number of carbonyl (C=O) groups is 3. The maximum Gasteiger partial charge on any atom is 0.409 e. The van der Waals surface area contributed by atoms with Crippen LogP contribution in [0, 0.1) is 0 Å². The predicted octanol–water partition coefficient (Wildman–Crippen LogP) is -0.189. The molecule has 1 saturated heterocycles. The number of amides is 2. The summed E-state index contributed by atoms with van der Waals surface area (Å²) in [5, 5.41) is 21.2. The fourth-order valence-electron chi connectivity index (χ4n) is 3.26. The molecule has 0 bridgehead atoms. The van der Waals surface area contributed by atoms with Crippen LogP contribution in [0.5, 0.6) is 0 Å². The van der Waals surface area contributed by atoms with E-state index in [1.807, 2.05) is 13.1 Å². The molecule has 3 atom stereocenters. The standard InChI is InChI=1S/C19H34N6O6/c1-2-11-30-18(29)24-19(16(27)28,23-15(26)13-14-6-12-31-25-14)7-3-4-8-20-17-21-9-5-10-22-17/h9,14,17,20,22,25H,2-8,10-13H2,1H3,(H,23,26)(H,24,29)(H,27,28). The van der Waals surface area contributed by atoms with Gasteiger partial charge >= 0.3 is 12.1 Å². The summed E-state index contributed by atoms with van der Waals surface area (Å²) in [4.78, 5) is 46.1. The van der Waals surface area contributed by atoms with Gasteiger partial charge in [-0.15, -0.1) is 0 Å². The number of carbonyl (C=O) groups excluding carboxylic acids is 2. The molecule has 0 aromatic carbocycles. The number of hydroxylamine groups is 1. The monoisotopic (exact) mass is 442 g/mol. The molecule has 2 amide bonds. The number of unbranched alkanes of at least 4 members (excludes halogenated alkanes) is 1. The summed E-state index contributed by atoms with van der Waals surface area (Å²) >= 11 is 0. The van der Waals surface area contributed by atoms with Crippen molar-refractivity contribution in [2.45, 2.75) is 69.9 Å². The van der Waals surface area contributed by atoms with Crippen molar-refractivity contribution < 1.29 is 29.1 Å². The Morgan fingerprint density at radius 3 is 2.81 bits per heavy atom.